The van der Waals surface area contributed by atoms with Crippen LogP contribution in [0, 0.1) is 0 Å². The molecule has 1 atom stereocenters. The van der Waals surface area contributed by atoms with Gasteiger partial charge in [-0.1, -0.05) is 12.1 Å². The zero-order chi connectivity index (χ0) is 32.8. The van der Waals surface area contributed by atoms with Crippen molar-refractivity contribution in [3.8, 4) is 22.9 Å². The normalized spacial score (nSPS) is 16.5. The summed E-state index contributed by atoms with van der Waals surface area (Å²) in [4.78, 5) is 26.9. The molecule has 0 saturated heterocycles. The molecule has 1 amide bonds. The molecule has 0 unspecified atom stereocenters. The molecular weight excluding hydrogens is 617 g/mol. The van der Waals surface area contributed by atoms with Gasteiger partial charge in [0.05, 0.1) is 23.6 Å². The second-order valence-corrected chi connectivity index (χ2v) is 10.6. The number of hydrogen-bond acceptors (Lipinski definition) is 7. The van der Waals surface area contributed by atoms with Crippen LogP contribution >= 0.6 is 0 Å². The standard InChI is InChI=1S/C32H26F5N3O6/c1-3-43-30(42)19-8-5-10-22(16-19)44-25-12-6-11-23-27(25)40(38-28(23)31(33,34)35)21-9-4-7-18(15-21)29(41)39(2)20-13-14-24-26(17-20)46-32(36,37)45-24/h4-5,7-10,13-17,25H,3,6,11-12H2,1-2H3/t25-/m1/s1. The number of carbonyl (C=O) groups excluding carboxylic acids is 2. The number of alkyl halides is 5. The second kappa shape index (κ2) is 11.7. The van der Waals surface area contributed by atoms with Gasteiger partial charge in [0.1, 0.15) is 11.9 Å². The summed E-state index contributed by atoms with van der Waals surface area (Å²) in [6.07, 6.45) is -8.58. The first-order valence-electron chi connectivity index (χ1n) is 14.3. The van der Waals surface area contributed by atoms with Crippen LogP contribution in [0.3, 0.4) is 0 Å². The van der Waals surface area contributed by atoms with Gasteiger partial charge in [0.15, 0.2) is 17.2 Å². The number of rotatable bonds is 7. The molecule has 46 heavy (non-hydrogen) atoms. The lowest BCUT2D eigenvalue weighted by Crippen LogP contribution is -2.26. The SMILES string of the molecule is CCOC(=O)c1cccc(O[C@@H]2CCCc3c(C(F)(F)F)nn(-c4cccc(C(=O)N(C)c5ccc6c(c5)OC(F)(F)O6)c4)c32)c1. The van der Waals surface area contributed by atoms with Crippen LogP contribution < -0.4 is 19.1 Å². The third-order valence-corrected chi connectivity index (χ3v) is 7.53. The second-order valence-electron chi connectivity index (χ2n) is 10.6. The van der Waals surface area contributed by atoms with Crippen molar-refractivity contribution in [3.05, 3.63) is 94.8 Å². The number of benzene rings is 3. The van der Waals surface area contributed by atoms with Crippen LogP contribution in [0.4, 0.5) is 27.6 Å². The number of amides is 1. The molecule has 9 nitrogen and oxygen atoms in total. The van der Waals surface area contributed by atoms with Crippen LogP contribution in [-0.2, 0) is 17.3 Å². The van der Waals surface area contributed by atoms with E-state index < -0.39 is 36.1 Å². The molecule has 1 aromatic heterocycles. The van der Waals surface area contributed by atoms with Crippen LogP contribution in [0.25, 0.3) is 5.69 Å². The van der Waals surface area contributed by atoms with E-state index in [0.717, 1.165) is 4.68 Å². The molecule has 3 aromatic carbocycles. The largest absolute Gasteiger partial charge is 0.586 e. The van der Waals surface area contributed by atoms with E-state index in [0.29, 0.717) is 12.8 Å². The number of halogens is 5. The van der Waals surface area contributed by atoms with E-state index >= 15 is 0 Å². The van der Waals surface area contributed by atoms with Gasteiger partial charge in [0, 0.05) is 29.9 Å². The summed E-state index contributed by atoms with van der Waals surface area (Å²) in [5.74, 6) is -1.32. The highest BCUT2D eigenvalue weighted by Crippen LogP contribution is 2.44. The topological polar surface area (TPSA) is 92.1 Å². The van der Waals surface area contributed by atoms with Gasteiger partial charge < -0.3 is 23.8 Å². The van der Waals surface area contributed by atoms with Gasteiger partial charge in [-0.25, -0.2) is 9.48 Å². The lowest BCUT2D eigenvalue weighted by molar-refractivity contribution is -0.286. The minimum atomic E-state index is -4.76. The van der Waals surface area contributed by atoms with Crippen molar-refractivity contribution in [2.45, 2.75) is 44.8 Å². The van der Waals surface area contributed by atoms with Gasteiger partial charge in [0.2, 0.25) is 0 Å². The fourth-order valence-electron chi connectivity index (χ4n) is 5.48. The van der Waals surface area contributed by atoms with E-state index in [4.69, 9.17) is 9.47 Å². The maximum absolute atomic E-state index is 14.2. The summed E-state index contributed by atoms with van der Waals surface area (Å²) >= 11 is 0. The number of aromatic nitrogens is 2. The van der Waals surface area contributed by atoms with Gasteiger partial charge in [-0.05, 0) is 74.7 Å². The highest BCUT2D eigenvalue weighted by Gasteiger charge is 2.44. The molecule has 2 heterocycles. The maximum atomic E-state index is 14.2. The Bertz CT molecular complexity index is 1820. The number of ether oxygens (including phenoxy) is 4. The first-order chi connectivity index (χ1) is 21.8. The minimum Gasteiger partial charge on any atom is -0.484 e. The molecule has 6 rings (SSSR count). The van der Waals surface area contributed by atoms with Crippen molar-refractivity contribution in [1.82, 2.24) is 9.78 Å². The summed E-state index contributed by atoms with van der Waals surface area (Å²) < 4.78 is 90.9. The summed E-state index contributed by atoms with van der Waals surface area (Å²) in [5, 5.41) is 3.96. The van der Waals surface area contributed by atoms with Crippen LogP contribution in [0.5, 0.6) is 17.2 Å². The molecule has 0 fully saturated rings. The van der Waals surface area contributed by atoms with Gasteiger partial charge in [-0.15, -0.1) is 8.78 Å². The molecule has 14 heteroatoms. The fraction of sp³-hybridized carbons (Fsp3) is 0.281. The lowest BCUT2D eigenvalue weighted by Gasteiger charge is -2.26. The Morgan fingerprint density at radius 3 is 2.52 bits per heavy atom. The highest BCUT2D eigenvalue weighted by atomic mass is 19.4. The number of nitrogens with zero attached hydrogens (tertiary/aromatic N) is 3. The van der Waals surface area contributed by atoms with E-state index in [1.54, 1.807) is 25.1 Å². The van der Waals surface area contributed by atoms with Crippen molar-refractivity contribution in [3.63, 3.8) is 0 Å². The predicted octanol–water partition coefficient (Wildman–Crippen LogP) is 7.12. The minimum absolute atomic E-state index is 0.0173. The zero-order valence-corrected chi connectivity index (χ0v) is 24.4. The molecule has 0 radical (unpaired) electrons. The molecule has 1 aliphatic carbocycles. The Morgan fingerprint density at radius 1 is 1.02 bits per heavy atom. The first kappa shape index (κ1) is 30.9. The summed E-state index contributed by atoms with van der Waals surface area (Å²) in [6.45, 7) is 1.84. The Morgan fingerprint density at radius 2 is 1.76 bits per heavy atom. The van der Waals surface area contributed by atoms with E-state index in [1.165, 1.54) is 60.5 Å². The summed E-state index contributed by atoms with van der Waals surface area (Å²) in [7, 11) is 1.41. The van der Waals surface area contributed by atoms with Crippen molar-refractivity contribution in [1.29, 1.82) is 0 Å². The van der Waals surface area contributed by atoms with Crippen LogP contribution in [-0.4, -0.2) is 41.6 Å². The van der Waals surface area contributed by atoms with E-state index in [-0.39, 0.29) is 64.0 Å². The number of fused-ring (bicyclic) bond motifs is 2. The number of anilines is 1. The maximum Gasteiger partial charge on any atom is 0.586 e. The molecule has 240 valence electrons. The number of carbonyl (C=O) groups is 2. The molecule has 0 bridgehead atoms. The fourth-order valence-corrected chi connectivity index (χ4v) is 5.48. The average molecular weight is 644 g/mol. The molecule has 1 aliphatic heterocycles. The Kier molecular flexibility index (Phi) is 7.82. The van der Waals surface area contributed by atoms with Crippen LogP contribution in [0.1, 0.15) is 63.5 Å². The predicted molar refractivity (Wildman–Crippen MR) is 153 cm³/mol. The smallest absolute Gasteiger partial charge is 0.484 e. The summed E-state index contributed by atoms with van der Waals surface area (Å²) in [5.41, 5.74) is -0.187. The quantitative estimate of drug-likeness (QED) is 0.156. The van der Waals surface area contributed by atoms with Crippen molar-refractivity contribution in [2.75, 3.05) is 18.6 Å². The Hall–Kier alpha value is -5.14. The molecule has 0 saturated carbocycles. The van der Waals surface area contributed by atoms with Crippen molar-refractivity contribution in [2.24, 2.45) is 0 Å². The molecule has 0 N–H and O–H groups in total. The van der Waals surface area contributed by atoms with Gasteiger partial charge >= 0.3 is 18.4 Å². The Labute approximate surface area is 259 Å². The van der Waals surface area contributed by atoms with Crippen molar-refractivity contribution >= 4 is 17.6 Å². The third-order valence-electron chi connectivity index (χ3n) is 7.53. The molecular formula is C32H26F5N3O6. The lowest BCUT2D eigenvalue weighted by atomic mass is 9.92. The zero-order valence-electron chi connectivity index (χ0n) is 24.4. The van der Waals surface area contributed by atoms with Gasteiger partial charge in [-0.2, -0.15) is 18.3 Å². The van der Waals surface area contributed by atoms with Crippen LogP contribution in [0.2, 0.25) is 0 Å². The van der Waals surface area contributed by atoms with Crippen molar-refractivity contribution < 1.29 is 50.5 Å². The van der Waals surface area contributed by atoms with Gasteiger partial charge in [0.25, 0.3) is 5.91 Å². The monoisotopic (exact) mass is 643 g/mol. The van der Waals surface area contributed by atoms with E-state index in [1.807, 2.05) is 0 Å². The third kappa shape index (κ3) is 5.94. The number of esters is 1. The summed E-state index contributed by atoms with van der Waals surface area (Å²) in [6, 6.07) is 15.9. The molecule has 0 spiro atoms. The first-order valence-corrected chi connectivity index (χ1v) is 14.3. The van der Waals surface area contributed by atoms with E-state index in [2.05, 4.69) is 14.6 Å². The van der Waals surface area contributed by atoms with Gasteiger partial charge in [-0.3, -0.25) is 4.79 Å². The molecule has 2 aliphatic rings. The Balaban J connectivity index is 1.34. The average Bonchev–Trinajstić information content (AvgIpc) is 3.57. The number of hydrogen-bond donors (Lipinski definition) is 0. The highest BCUT2D eigenvalue weighted by molar-refractivity contribution is 6.06. The molecule has 4 aromatic rings. The van der Waals surface area contributed by atoms with Crippen LogP contribution in [0.15, 0.2) is 66.7 Å². The van der Waals surface area contributed by atoms with E-state index in [9.17, 15) is 31.5 Å².